The van der Waals surface area contributed by atoms with E-state index >= 15 is 0 Å². The van der Waals surface area contributed by atoms with Crippen molar-refractivity contribution in [2.24, 2.45) is 0 Å². The average molecular weight is 368 g/mol. The van der Waals surface area contributed by atoms with Crippen LogP contribution in [0.5, 0.6) is 5.75 Å². The van der Waals surface area contributed by atoms with Gasteiger partial charge in [0, 0.05) is 5.56 Å². The molecule has 5 nitrogen and oxygen atoms in total. The lowest BCUT2D eigenvalue weighted by Crippen LogP contribution is -2.40. The van der Waals surface area contributed by atoms with Crippen LogP contribution in [0.1, 0.15) is 49.0 Å². The van der Waals surface area contributed by atoms with Crippen molar-refractivity contribution in [1.82, 2.24) is 10.1 Å². The fourth-order valence-electron chi connectivity index (χ4n) is 3.31. The molecule has 3 heterocycles. The number of benzene rings is 1. The summed E-state index contributed by atoms with van der Waals surface area (Å²) in [7, 11) is 0. The predicted octanol–water partition coefficient (Wildman–Crippen LogP) is 5.30. The van der Waals surface area contributed by atoms with E-state index in [1.807, 2.05) is 30.5 Å². The maximum absolute atomic E-state index is 12.7. The summed E-state index contributed by atoms with van der Waals surface area (Å²) in [5.74, 6) is 1.73. The second kappa shape index (κ2) is 6.36. The summed E-state index contributed by atoms with van der Waals surface area (Å²) in [6, 6.07) is 7.53. The number of ether oxygens (including phenoxy) is 1. The summed E-state index contributed by atoms with van der Waals surface area (Å²) in [5, 5.41) is 6.09. The molecule has 0 amide bonds. The van der Waals surface area contributed by atoms with Crippen LogP contribution < -0.4 is 4.74 Å². The molecular formula is C20H20N2O3S. The Morgan fingerprint density at radius 1 is 1.23 bits per heavy atom. The maximum atomic E-state index is 12.7. The van der Waals surface area contributed by atoms with Crippen molar-refractivity contribution in [3.05, 3.63) is 40.8 Å². The van der Waals surface area contributed by atoms with Crippen molar-refractivity contribution in [1.29, 1.82) is 0 Å². The Hall–Kier alpha value is -2.47. The summed E-state index contributed by atoms with van der Waals surface area (Å²) in [6.45, 7) is 6.13. The van der Waals surface area contributed by atoms with Crippen LogP contribution in [-0.4, -0.2) is 21.5 Å². The minimum absolute atomic E-state index is 0.102. The Morgan fingerprint density at radius 3 is 2.73 bits per heavy atom. The molecule has 0 saturated heterocycles. The number of thiophene rings is 1. The number of Topliss-reactive ketones (excluding diaryl/α,β-unsaturated/α-hetero) is 1. The van der Waals surface area contributed by atoms with Crippen molar-refractivity contribution < 1.29 is 14.1 Å². The number of aromatic nitrogens is 2. The average Bonchev–Trinajstić information content (AvgIpc) is 3.30. The number of carbonyl (C=O) groups is 1. The van der Waals surface area contributed by atoms with E-state index in [0.29, 0.717) is 29.4 Å². The second-order valence-corrected chi connectivity index (χ2v) is 7.58. The van der Waals surface area contributed by atoms with Crippen LogP contribution in [0.25, 0.3) is 22.2 Å². The summed E-state index contributed by atoms with van der Waals surface area (Å²) in [4.78, 5) is 18.2. The van der Waals surface area contributed by atoms with Gasteiger partial charge in [0.05, 0.1) is 16.9 Å². The lowest BCUT2D eigenvalue weighted by Gasteiger charge is -2.36. The predicted molar refractivity (Wildman–Crippen MR) is 101 cm³/mol. The topological polar surface area (TPSA) is 65.2 Å². The number of fused-ring (bicyclic) bond motifs is 1. The summed E-state index contributed by atoms with van der Waals surface area (Å²) >= 11 is 1.58. The third-order valence-corrected chi connectivity index (χ3v) is 6.13. The molecule has 1 aromatic carbocycles. The van der Waals surface area contributed by atoms with Crippen LogP contribution in [0.4, 0.5) is 0 Å². The first kappa shape index (κ1) is 17.0. The highest BCUT2D eigenvalue weighted by Gasteiger charge is 2.37. The van der Waals surface area contributed by atoms with Crippen molar-refractivity contribution in [3.63, 3.8) is 0 Å². The van der Waals surface area contributed by atoms with Crippen molar-refractivity contribution in [3.8, 4) is 27.9 Å². The molecule has 3 aromatic rings. The van der Waals surface area contributed by atoms with Gasteiger partial charge in [-0.15, -0.1) is 11.3 Å². The molecule has 0 fully saturated rings. The highest BCUT2D eigenvalue weighted by molar-refractivity contribution is 7.13. The molecule has 0 spiro atoms. The molecule has 0 saturated carbocycles. The van der Waals surface area contributed by atoms with Crippen LogP contribution in [0.2, 0.25) is 0 Å². The van der Waals surface area contributed by atoms with Gasteiger partial charge in [0.1, 0.15) is 11.4 Å². The number of carbonyl (C=O) groups excluding carboxylic acids is 1. The van der Waals surface area contributed by atoms with Gasteiger partial charge in [0.25, 0.3) is 5.89 Å². The van der Waals surface area contributed by atoms with Gasteiger partial charge in [0.2, 0.25) is 5.82 Å². The minimum Gasteiger partial charge on any atom is -0.486 e. The molecular weight excluding hydrogens is 348 g/mol. The van der Waals surface area contributed by atoms with Crippen LogP contribution in [0.15, 0.2) is 34.2 Å². The van der Waals surface area contributed by atoms with Gasteiger partial charge in [0.15, 0.2) is 5.78 Å². The van der Waals surface area contributed by atoms with Gasteiger partial charge < -0.3 is 9.26 Å². The normalized spacial score (nSPS) is 15.6. The molecule has 6 heteroatoms. The summed E-state index contributed by atoms with van der Waals surface area (Å²) < 4.78 is 11.6. The van der Waals surface area contributed by atoms with E-state index in [1.165, 1.54) is 0 Å². The van der Waals surface area contributed by atoms with Gasteiger partial charge in [-0.05, 0) is 55.0 Å². The molecule has 0 N–H and O–H groups in total. The number of hydrogen-bond acceptors (Lipinski definition) is 6. The Morgan fingerprint density at radius 2 is 2.04 bits per heavy atom. The van der Waals surface area contributed by atoms with E-state index < -0.39 is 0 Å². The zero-order valence-corrected chi connectivity index (χ0v) is 15.9. The maximum Gasteiger partial charge on any atom is 0.258 e. The van der Waals surface area contributed by atoms with Crippen LogP contribution in [-0.2, 0) is 0 Å². The highest BCUT2D eigenvalue weighted by Crippen LogP contribution is 2.39. The molecule has 0 unspecified atom stereocenters. The fourth-order valence-corrected chi connectivity index (χ4v) is 4.16. The monoisotopic (exact) mass is 368 g/mol. The molecule has 0 atom stereocenters. The lowest BCUT2D eigenvalue weighted by atomic mass is 9.85. The molecule has 0 radical (unpaired) electrons. The highest BCUT2D eigenvalue weighted by atomic mass is 32.1. The van der Waals surface area contributed by atoms with Crippen molar-refractivity contribution in [2.45, 2.75) is 45.6 Å². The second-order valence-electron chi connectivity index (χ2n) is 6.66. The molecule has 0 bridgehead atoms. The number of nitrogens with zero attached hydrogens (tertiary/aromatic N) is 2. The SMILES string of the molecule is CCC1(CC)CC(=O)c2cc(-c3nc(-c4sccc4C)no3)ccc2O1. The number of aryl methyl sites for hydroxylation is 1. The first-order valence-corrected chi connectivity index (χ1v) is 9.68. The van der Waals surface area contributed by atoms with Crippen LogP contribution >= 0.6 is 11.3 Å². The standard InChI is InChI=1S/C20H20N2O3S/c1-4-20(5-2)11-15(23)14-10-13(6-7-16(14)24-20)19-21-18(22-25-19)17-12(3)8-9-26-17/h6-10H,4-5,11H2,1-3H3. The Balaban J connectivity index is 1.69. The van der Waals surface area contributed by atoms with E-state index in [4.69, 9.17) is 9.26 Å². The van der Waals surface area contributed by atoms with Gasteiger partial charge in [-0.2, -0.15) is 4.98 Å². The molecule has 0 aliphatic carbocycles. The first-order chi connectivity index (χ1) is 12.5. The van der Waals surface area contributed by atoms with Crippen molar-refractivity contribution >= 4 is 17.1 Å². The lowest BCUT2D eigenvalue weighted by molar-refractivity contribution is 0.0350. The number of hydrogen-bond donors (Lipinski definition) is 0. The zero-order valence-electron chi connectivity index (χ0n) is 15.0. The van der Waals surface area contributed by atoms with Crippen molar-refractivity contribution in [2.75, 3.05) is 0 Å². The van der Waals surface area contributed by atoms with E-state index in [9.17, 15) is 4.79 Å². The molecule has 134 valence electrons. The van der Waals surface area contributed by atoms with E-state index in [0.717, 1.165) is 28.8 Å². The third-order valence-electron chi connectivity index (χ3n) is 5.12. The minimum atomic E-state index is -0.389. The fraction of sp³-hybridized carbons (Fsp3) is 0.350. The molecule has 26 heavy (non-hydrogen) atoms. The summed E-state index contributed by atoms with van der Waals surface area (Å²) in [5.41, 5.74) is 2.05. The Bertz CT molecular complexity index is 969. The van der Waals surface area contributed by atoms with E-state index in [-0.39, 0.29) is 11.4 Å². The molecule has 4 rings (SSSR count). The molecule has 1 aliphatic rings. The van der Waals surface area contributed by atoms with Crippen LogP contribution in [0, 0.1) is 6.92 Å². The summed E-state index contributed by atoms with van der Waals surface area (Å²) in [6.07, 6.45) is 2.02. The van der Waals surface area contributed by atoms with Gasteiger partial charge in [-0.1, -0.05) is 19.0 Å². The Kier molecular flexibility index (Phi) is 4.15. The molecule has 1 aliphatic heterocycles. The zero-order chi connectivity index (χ0) is 18.3. The Labute approximate surface area is 156 Å². The van der Waals surface area contributed by atoms with Gasteiger partial charge in [-0.25, -0.2) is 0 Å². The van der Waals surface area contributed by atoms with E-state index in [2.05, 4.69) is 24.0 Å². The third kappa shape index (κ3) is 2.74. The molecule has 2 aromatic heterocycles. The first-order valence-electron chi connectivity index (χ1n) is 8.80. The number of ketones is 1. The quantitative estimate of drug-likeness (QED) is 0.625. The van der Waals surface area contributed by atoms with E-state index in [1.54, 1.807) is 17.4 Å². The van der Waals surface area contributed by atoms with Gasteiger partial charge in [-0.3, -0.25) is 4.79 Å². The number of rotatable bonds is 4. The smallest absolute Gasteiger partial charge is 0.258 e. The van der Waals surface area contributed by atoms with Crippen LogP contribution in [0.3, 0.4) is 0 Å². The largest absolute Gasteiger partial charge is 0.486 e. The van der Waals surface area contributed by atoms with Gasteiger partial charge >= 0.3 is 0 Å².